The summed E-state index contributed by atoms with van der Waals surface area (Å²) >= 11 is 6.38. The van der Waals surface area contributed by atoms with Crippen molar-refractivity contribution in [3.05, 3.63) is 52.5 Å². The van der Waals surface area contributed by atoms with Gasteiger partial charge in [-0.15, -0.1) is 12.4 Å². The van der Waals surface area contributed by atoms with Gasteiger partial charge < -0.3 is 19.5 Å². The fraction of sp³-hybridized carbons (Fsp3) is 0.261. The normalized spacial score (nSPS) is 11.4. The number of nitriles is 1. The maximum atomic E-state index is 11.2. The van der Waals surface area contributed by atoms with E-state index in [0.29, 0.717) is 33.0 Å². The van der Waals surface area contributed by atoms with E-state index in [9.17, 15) is 14.9 Å². The lowest BCUT2D eigenvalue weighted by Gasteiger charge is -2.12. The molecule has 1 heterocycles. The van der Waals surface area contributed by atoms with Crippen molar-refractivity contribution in [3.63, 3.8) is 0 Å². The third kappa shape index (κ3) is 7.16. The van der Waals surface area contributed by atoms with Crippen molar-refractivity contribution in [2.75, 3.05) is 0 Å². The molecule has 3 N–H and O–H groups in total. The molecule has 0 spiro atoms. The Balaban J connectivity index is 0.00000432. The molecule has 184 valence electrons. The maximum absolute atomic E-state index is 11.2. The van der Waals surface area contributed by atoms with E-state index in [1.54, 1.807) is 36.4 Å². The highest BCUT2D eigenvalue weighted by Crippen LogP contribution is 2.30. The molecule has 0 fully saturated rings. The van der Waals surface area contributed by atoms with Crippen LogP contribution in [0.5, 0.6) is 5.75 Å². The third-order valence-electron chi connectivity index (χ3n) is 4.64. The highest BCUT2D eigenvalue weighted by molar-refractivity contribution is 6.33. The number of carboxylic acid groups (broad SMARTS) is 2. The molecule has 0 amide bonds. The van der Waals surface area contributed by atoms with Crippen LogP contribution in [-0.4, -0.2) is 44.4 Å². The van der Waals surface area contributed by atoms with E-state index in [0.717, 1.165) is 0 Å². The molecular weight excluding hydrogens is 499 g/mol. The molecule has 1 atom stereocenters. The molecule has 12 heteroatoms. The number of rotatable bonds is 10. The Morgan fingerprint density at radius 2 is 1.97 bits per heavy atom. The molecular formula is C23H22Cl2N4O6. The molecule has 3 rings (SSSR count). The number of benzene rings is 2. The number of hydrogen-bond acceptors (Lipinski definition) is 8. The van der Waals surface area contributed by atoms with Gasteiger partial charge in [-0.1, -0.05) is 22.8 Å². The lowest BCUT2D eigenvalue weighted by molar-refractivity contribution is -0.146. The van der Waals surface area contributed by atoms with E-state index in [2.05, 4.69) is 21.5 Å². The molecule has 0 aliphatic carbocycles. The van der Waals surface area contributed by atoms with Crippen molar-refractivity contribution in [2.45, 2.75) is 39.0 Å². The summed E-state index contributed by atoms with van der Waals surface area (Å²) < 4.78 is 11.0. The van der Waals surface area contributed by atoms with Gasteiger partial charge in [0.1, 0.15) is 17.9 Å². The van der Waals surface area contributed by atoms with Gasteiger partial charge in [-0.3, -0.25) is 14.9 Å². The molecule has 0 saturated heterocycles. The lowest BCUT2D eigenvalue weighted by atomic mass is 10.1. The van der Waals surface area contributed by atoms with Crippen molar-refractivity contribution in [2.24, 2.45) is 0 Å². The van der Waals surface area contributed by atoms with Gasteiger partial charge in [-0.2, -0.15) is 10.2 Å². The van der Waals surface area contributed by atoms with Gasteiger partial charge >= 0.3 is 11.9 Å². The van der Waals surface area contributed by atoms with E-state index in [1.807, 2.05) is 13.8 Å². The van der Waals surface area contributed by atoms with E-state index < -0.39 is 24.4 Å². The predicted octanol–water partition coefficient (Wildman–Crippen LogP) is 4.16. The highest BCUT2D eigenvalue weighted by Gasteiger charge is 2.21. The quantitative estimate of drug-likeness (QED) is 0.354. The Bertz CT molecular complexity index is 1260. The number of nitrogens with one attached hydrogen (secondary N) is 1. The fourth-order valence-electron chi connectivity index (χ4n) is 3.07. The monoisotopic (exact) mass is 520 g/mol. The van der Waals surface area contributed by atoms with E-state index in [4.69, 9.17) is 31.1 Å². The molecule has 1 unspecified atom stereocenters. The predicted molar refractivity (Wildman–Crippen MR) is 128 cm³/mol. The summed E-state index contributed by atoms with van der Waals surface area (Å²) in [5.41, 5.74) is 2.01. The van der Waals surface area contributed by atoms with Gasteiger partial charge in [0.2, 0.25) is 5.82 Å². The SMILES string of the molecule is CC(C)Oc1ccc(-c2nc(-c3ccc(CNC(CC(=O)O)C(=O)O)cc3Cl)no2)cc1C#N.Cl. The topological polar surface area (TPSA) is 159 Å². The zero-order valence-electron chi connectivity index (χ0n) is 18.7. The summed E-state index contributed by atoms with van der Waals surface area (Å²) in [6.07, 6.45) is -0.634. The van der Waals surface area contributed by atoms with E-state index in [-0.39, 0.29) is 36.8 Å². The Kier molecular flexibility index (Phi) is 9.59. The van der Waals surface area contributed by atoms with Crippen LogP contribution in [0.4, 0.5) is 0 Å². The first-order valence-corrected chi connectivity index (χ1v) is 10.6. The summed E-state index contributed by atoms with van der Waals surface area (Å²) in [6.45, 7) is 3.83. The van der Waals surface area contributed by atoms with Crippen LogP contribution in [-0.2, 0) is 16.1 Å². The van der Waals surface area contributed by atoms with Crippen molar-refractivity contribution >= 4 is 35.9 Å². The minimum atomic E-state index is -1.26. The average Bonchev–Trinajstić information content (AvgIpc) is 3.26. The molecule has 2 aromatic carbocycles. The number of aromatic nitrogens is 2. The molecule has 1 aromatic heterocycles. The third-order valence-corrected chi connectivity index (χ3v) is 4.95. The number of hydrogen-bond donors (Lipinski definition) is 3. The maximum Gasteiger partial charge on any atom is 0.321 e. The zero-order valence-corrected chi connectivity index (χ0v) is 20.3. The van der Waals surface area contributed by atoms with Gasteiger partial charge in [0.05, 0.1) is 23.1 Å². The second-order valence-electron chi connectivity index (χ2n) is 7.60. The Morgan fingerprint density at radius 3 is 2.57 bits per heavy atom. The van der Waals surface area contributed by atoms with Crippen LogP contribution in [0.2, 0.25) is 5.02 Å². The number of nitrogens with zero attached hydrogens (tertiary/aromatic N) is 3. The number of ether oxygens (including phenoxy) is 1. The van der Waals surface area contributed by atoms with Crippen molar-refractivity contribution < 1.29 is 29.1 Å². The second kappa shape index (κ2) is 12.2. The molecule has 10 nitrogen and oxygen atoms in total. The lowest BCUT2D eigenvalue weighted by Crippen LogP contribution is -2.38. The summed E-state index contributed by atoms with van der Waals surface area (Å²) in [4.78, 5) is 26.4. The first-order valence-electron chi connectivity index (χ1n) is 10.2. The van der Waals surface area contributed by atoms with Crippen LogP contribution in [0, 0.1) is 11.3 Å². The Morgan fingerprint density at radius 1 is 1.23 bits per heavy atom. The van der Waals surface area contributed by atoms with Crippen LogP contribution >= 0.6 is 24.0 Å². The standard InChI is InChI=1S/C23H21ClN4O6.ClH/c1-12(2)33-19-6-4-14(8-15(19)10-25)22-27-21(28-34-22)16-5-3-13(7-17(16)24)11-26-18(23(31)32)9-20(29)30;/h3-8,12,18,26H,9,11H2,1-2H3,(H,29,30)(H,31,32);1H. The number of aliphatic carboxylic acids is 2. The minimum Gasteiger partial charge on any atom is -0.490 e. The van der Waals surface area contributed by atoms with Gasteiger partial charge in [0.15, 0.2) is 0 Å². The highest BCUT2D eigenvalue weighted by atomic mass is 35.5. The van der Waals surface area contributed by atoms with Crippen molar-refractivity contribution in [1.82, 2.24) is 15.5 Å². The van der Waals surface area contributed by atoms with Crippen LogP contribution in [0.1, 0.15) is 31.4 Å². The largest absolute Gasteiger partial charge is 0.490 e. The molecule has 35 heavy (non-hydrogen) atoms. The second-order valence-corrected chi connectivity index (χ2v) is 8.00. The molecule has 3 aromatic rings. The van der Waals surface area contributed by atoms with Gasteiger partial charge in [0.25, 0.3) is 5.89 Å². The molecule has 0 radical (unpaired) electrons. The van der Waals surface area contributed by atoms with Crippen LogP contribution in [0.25, 0.3) is 22.8 Å². The van der Waals surface area contributed by atoms with Gasteiger partial charge in [0, 0.05) is 17.7 Å². The van der Waals surface area contributed by atoms with Crippen LogP contribution < -0.4 is 10.1 Å². The van der Waals surface area contributed by atoms with Crippen molar-refractivity contribution in [1.29, 1.82) is 5.26 Å². The first kappa shape index (κ1) is 27.6. The molecule has 0 saturated carbocycles. The van der Waals surface area contributed by atoms with Gasteiger partial charge in [-0.05, 0) is 49.7 Å². The van der Waals surface area contributed by atoms with Crippen molar-refractivity contribution in [3.8, 4) is 34.7 Å². The Labute approximate surface area is 211 Å². The summed E-state index contributed by atoms with van der Waals surface area (Å²) in [5, 5.41) is 34.3. The molecule has 0 aliphatic rings. The minimum absolute atomic E-state index is 0. The smallest absolute Gasteiger partial charge is 0.321 e. The number of carboxylic acids is 2. The Hall–Kier alpha value is -3.65. The average molecular weight is 521 g/mol. The number of halogens is 2. The zero-order chi connectivity index (χ0) is 24.8. The summed E-state index contributed by atoms with van der Waals surface area (Å²) in [6, 6.07) is 10.8. The van der Waals surface area contributed by atoms with E-state index in [1.165, 1.54) is 0 Å². The van der Waals surface area contributed by atoms with Crippen LogP contribution in [0.15, 0.2) is 40.9 Å². The molecule has 0 aliphatic heterocycles. The van der Waals surface area contributed by atoms with Crippen LogP contribution in [0.3, 0.4) is 0 Å². The first-order chi connectivity index (χ1) is 16.2. The molecule has 0 bridgehead atoms. The van der Waals surface area contributed by atoms with Gasteiger partial charge in [-0.25, -0.2) is 0 Å². The van der Waals surface area contributed by atoms with E-state index >= 15 is 0 Å². The summed E-state index contributed by atoms with van der Waals surface area (Å²) in [7, 11) is 0. The summed E-state index contributed by atoms with van der Waals surface area (Å²) in [5.74, 6) is -1.59. The fourth-order valence-corrected chi connectivity index (χ4v) is 3.36. The number of carbonyl (C=O) groups is 2.